The highest BCUT2D eigenvalue weighted by atomic mass is 32.1. The number of ether oxygens (including phenoxy) is 2. The van der Waals surface area contributed by atoms with E-state index in [1.807, 2.05) is 32.0 Å². The number of aliphatic hydroxyl groups excluding tert-OH is 1. The number of amides is 1. The molecule has 4 aromatic rings. The first kappa shape index (κ1) is 26.8. The summed E-state index contributed by atoms with van der Waals surface area (Å²) in [6.07, 6.45) is 0. The number of aromatic nitrogens is 2. The third kappa shape index (κ3) is 4.90. The number of anilines is 1. The summed E-state index contributed by atoms with van der Waals surface area (Å²) in [5, 5.41) is 12.3. The van der Waals surface area contributed by atoms with Crippen LogP contribution in [0.3, 0.4) is 0 Å². The van der Waals surface area contributed by atoms with Gasteiger partial charge < -0.3 is 14.6 Å². The maximum Gasteiger partial charge on any atom is 0.296 e. The van der Waals surface area contributed by atoms with Gasteiger partial charge in [-0.2, -0.15) is 0 Å². The summed E-state index contributed by atoms with van der Waals surface area (Å²) in [6, 6.07) is 10.2. The predicted octanol–water partition coefficient (Wildman–Crippen LogP) is 6.50. The van der Waals surface area contributed by atoms with Gasteiger partial charge in [0.25, 0.3) is 5.91 Å². The molecular formula is C29H29N3O5S2. The molecular weight excluding hydrogens is 534 g/mol. The van der Waals surface area contributed by atoms with Crippen molar-refractivity contribution < 1.29 is 24.2 Å². The zero-order valence-electron chi connectivity index (χ0n) is 22.6. The molecule has 8 nitrogen and oxygen atoms in total. The van der Waals surface area contributed by atoms with Gasteiger partial charge in [0, 0.05) is 0 Å². The highest BCUT2D eigenvalue weighted by molar-refractivity contribution is 7.22. The average Bonchev–Trinajstić information content (AvgIpc) is 3.54. The molecule has 202 valence electrons. The number of carbonyl (C=O) groups is 2. The highest BCUT2D eigenvalue weighted by Gasteiger charge is 2.46. The smallest absolute Gasteiger partial charge is 0.296 e. The van der Waals surface area contributed by atoms with Crippen LogP contribution in [-0.4, -0.2) is 40.5 Å². The van der Waals surface area contributed by atoms with Gasteiger partial charge in [-0.1, -0.05) is 37.3 Å². The van der Waals surface area contributed by atoms with Crippen molar-refractivity contribution in [1.29, 1.82) is 0 Å². The number of thiazole rings is 2. The first-order chi connectivity index (χ1) is 18.6. The van der Waals surface area contributed by atoms with Crippen molar-refractivity contribution in [2.75, 3.05) is 18.6 Å². The number of carbonyl (C=O) groups excluding carboxylic acids is 2. The van der Waals surface area contributed by atoms with E-state index in [2.05, 4.69) is 18.8 Å². The largest absolute Gasteiger partial charge is 0.503 e. The monoisotopic (exact) mass is 563 g/mol. The Labute approximate surface area is 234 Å². The van der Waals surface area contributed by atoms with E-state index in [9.17, 15) is 14.7 Å². The number of rotatable bonds is 8. The van der Waals surface area contributed by atoms with Crippen LogP contribution < -0.4 is 14.4 Å². The van der Waals surface area contributed by atoms with Gasteiger partial charge >= 0.3 is 0 Å². The van der Waals surface area contributed by atoms with Crippen molar-refractivity contribution >= 4 is 49.7 Å². The first-order valence-electron chi connectivity index (χ1n) is 12.5. The molecule has 0 spiro atoms. The Bertz CT molecular complexity index is 1640. The number of benzene rings is 2. The lowest BCUT2D eigenvalue weighted by Crippen LogP contribution is -2.31. The van der Waals surface area contributed by atoms with Crippen LogP contribution in [0.4, 0.5) is 5.13 Å². The Hall–Kier alpha value is -3.76. The van der Waals surface area contributed by atoms with Crippen LogP contribution in [0.25, 0.3) is 10.2 Å². The van der Waals surface area contributed by atoms with Crippen LogP contribution >= 0.6 is 22.7 Å². The molecule has 0 saturated carbocycles. The third-order valence-electron chi connectivity index (χ3n) is 6.38. The van der Waals surface area contributed by atoms with Crippen molar-refractivity contribution in [2.24, 2.45) is 5.92 Å². The molecule has 5 rings (SSSR count). The second-order valence-electron chi connectivity index (χ2n) is 9.90. The molecule has 1 aliphatic heterocycles. The summed E-state index contributed by atoms with van der Waals surface area (Å²) in [6.45, 7) is 10.2. The lowest BCUT2D eigenvalue weighted by Gasteiger charge is -2.25. The van der Waals surface area contributed by atoms with Crippen molar-refractivity contribution in [2.45, 2.75) is 40.7 Å². The second-order valence-corrected chi connectivity index (χ2v) is 12.1. The van der Waals surface area contributed by atoms with Gasteiger partial charge in [-0.25, -0.2) is 9.97 Å². The second kappa shape index (κ2) is 10.4. The summed E-state index contributed by atoms with van der Waals surface area (Å²) in [5.41, 5.74) is 2.92. The fraction of sp³-hybridized carbons (Fsp3) is 0.310. The van der Waals surface area contributed by atoms with Gasteiger partial charge in [0.05, 0.1) is 51.1 Å². The molecule has 39 heavy (non-hydrogen) atoms. The van der Waals surface area contributed by atoms with Gasteiger partial charge in [-0.05, 0) is 62.1 Å². The van der Waals surface area contributed by atoms with E-state index in [0.717, 1.165) is 20.8 Å². The minimum Gasteiger partial charge on any atom is -0.503 e. The minimum atomic E-state index is -0.929. The lowest BCUT2D eigenvalue weighted by atomic mass is 9.95. The molecule has 10 heteroatoms. The average molecular weight is 564 g/mol. The fourth-order valence-electron chi connectivity index (χ4n) is 4.57. The van der Waals surface area contributed by atoms with Crippen molar-refractivity contribution in [3.05, 3.63) is 74.4 Å². The van der Waals surface area contributed by atoms with Crippen LogP contribution in [0.15, 0.2) is 47.7 Å². The number of hydrogen-bond acceptors (Lipinski definition) is 9. The van der Waals surface area contributed by atoms with Gasteiger partial charge in [-0.3, -0.25) is 14.5 Å². The van der Waals surface area contributed by atoms with E-state index in [1.54, 1.807) is 25.1 Å². The predicted molar refractivity (Wildman–Crippen MR) is 153 cm³/mol. The van der Waals surface area contributed by atoms with Crippen LogP contribution in [0.5, 0.6) is 11.5 Å². The molecule has 0 radical (unpaired) electrons. The lowest BCUT2D eigenvalue weighted by molar-refractivity contribution is -0.117. The standard InChI is InChI=1S/C29H29N3O5S2/c1-14(2)13-37-20-10-8-18(12-21(20)36-6)24-23(25(33)27-16(4)30-17(5)38-27)26(34)28(35)32(24)29-31-19-9-7-15(3)11-22(19)39-29/h7-12,14,24,34H,13H2,1-6H3. The maximum atomic E-state index is 13.9. The number of aliphatic hydroxyl groups is 1. The quantitative estimate of drug-likeness (QED) is 0.244. The van der Waals surface area contributed by atoms with Crippen LogP contribution in [0.1, 0.15) is 51.4 Å². The van der Waals surface area contributed by atoms with E-state index in [4.69, 9.17) is 14.5 Å². The zero-order valence-corrected chi connectivity index (χ0v) is 24.2. The van der Waals surface area contributed by atoms with Crippen molar-refractivity contribution in [3.63, 3.8) is 0 Å². The summed E-state index contributed by atoms with van der Waals surface area (Å²) < 4.78 is 12.4. The van der Waals surface area contributed by atoms with E-state index >= 15 is 0 Å². The summed E-state index contributed by atoms with van der Waals surface area (Å²) >= 11 is 2.57. The highest BCUT2D eigenvalue weighted by Crippen LogP contribution is 2.46. The Morgan fingerprint density at radius 1 is 1.08 bits per heavy atom. The van der Waals surface area contributed by atoms with Gasteiger partial charge in [0.15, 0.2) is 22.4 Å². The number of nitrogens with zero attached hydrogens (tertiary/aromatic N) is 3. The molecule has 0 aliphatic carbocycles. The molecule has 0 fully saturated rings. The molecule has 1 N–H and O–H groups in total. The molecule has 1 atom stereocenters. The molecule has 1 unspecified atom stereocenters. The number of hydrogen-bond donors (Lipinski definition) is 1. The third-order valence-corrected chi connectivity index (χ3v) is 8.47. The van der Waals surface area contributed by atoms with Crippen LogP contribution in [0.2, 0.25) is 0 Å². The number of Topliss-reactive ketones (excluding diaryl/α,β-unsaturated/α-hetero) is 1. The van der Waals surface area contributed by atoms with E-state index < -0.39 is 23.5 Å². The number of fused-ring (bicyclic) bond motifs is 1. The molecule has 0 bridgehead atoms. The van der Waals surface area contributed by atoms with Crippen molar-refractivity contribution in [3.8, 4) is 11.5 Å². The minimum absolute atomic E-state index is 0.0138. The topological polar surface area (TPSA) is 102 Å². The molecule has 0 saturated heterocycles. The van der Waals surface area contributed by atoms with Gasteiger partial charge in [0.2, 0.25) is 5.78 Å². The van der Waals surface area contributed by atoms with Crippen LogP contribution in [0, 0.1) is 26.7 Å². The first-order valence-corrected chi connectivity index (χ1v) is 14.2. The van der Waals surface area contributed by atoms with Crippen LogP contribution in [-0.2, 0) is 4.79 Å². The summed E-state index contributed by atoms with van der Waals surface area (Å²) in [5.74, 6) is -0.385. The Kier molecular flexibility index (Phi) is 7.17. The maximum absolute atomic E-state index is 13.9. The molecule has 2 aromatic heterocycles. The van der Waals surface area contributed by atoms with E-state index in [0.29, 0.717) is 45.3 Å². The number of aryl methyl sites for hydroxylation is 3. The van der Waals surface area contributed by atoms with E-state index in [1.165, 1.54) is 34.7 Å². The molecule has 1 aliphatic rings. The molecule has 2 aromatic carbocycles. The number of ketones is 1. The fourth-order valence-corrected chi connectivity index (χ4v) is 6.53. The van der Waals surface area contributed by atoms with Gasteiger partial charge in [0.1, 0.15) is 0 Å². The van der Waals surface area contributed by atoms with Crippen molar-refractivity contribution in [1.82, 2.24) is 9.97 Å². The van der Waals surface area contributed by atoms with E-state index in [-0.39, 0.29) is 5.57 Å². The number of methoxy groups -OCH3 is 1. The zero-order chi connectivity index (χ0) is 28.0. The molecule has 1 amide bonds. The summed E-state index contributed by atoms with van der Waals surface area (Å²) in [4.78, 5) is 38.4. The SMILES string of the molecule is COc1cc(C2C(C(=O)c3sc(C)nc3C)=C(O)C(=O)N2c2nc3ccc(C)cc3s2)ccc1OCC(C)C. The summed E-state index contributed by atoms with van der Waals surface area (Å²) in [7, 11) is 1.54. The molecule has 3 heterocycles. The Balaban J connectivity index is 1.67. The Morgan fingerprint density at radius 2 is 1.85 bits per heavy atom. The van der Waals surface area contributed by atoms with Gasteiger partial charge in [-0.15, -0.1) is 11.3 Å². The normalized spacial score (nSPS) is 15.6. The Morgan fingerprint density at radius 3 is 2.51 bits per heavy atom.